The molecule has 1 aliphatic heterocycles. The zero-order chi connectivity index (χ0) is 31.1. The Morgan fingerprint density at radius 1 is 0.952 bits per heavy atom. The summed E-state index contributed by atoms with van der Waals surface area (Å²) in [6, 6.07) is 6.20. The summed E-state index contributed by atoms with van der Waals surface area (Å²) in [5.41, 5.74) is -6.90. The molecule has 0 unspecified atom stereocenters. The number of ether oxygens (including phenoxy) is 1. The Morgan fingerprint density at radius 2 is 1.50 bits per heavy atom. The summed E-state index contributed by atoms with van der Waals surface area (Å²) in [4.78, 5) is 14.5. The van der Waals surface area contributed by atoms with Crippen LogP contribution in [0.2, 0.25) is 0 Å². The van der Waals surface area contributed by atoms with Crippen LogP contribution in [0.1, 0.15) is 43.2 Å². The zero-order valence-electron chi connectivity index (χ0n) is 22.5. The molecule has 0 aromatic heterocycles. The fourth-order valence-electron chi connectivity index (χ4n) is 5.99. The molecule has 1 saturated carbocycles. The van der Waals surface area contributed by atoms with Crippen molar-refractivity contribution >= 4 is 15.7 Å². The van der Waals surface area contributed by atoms with Crippen LogP contribution < -0.4 is 0 Å². The van der Waals surface area contributed by atoms with Crippen LogP contribution in [0.15, 0.2) is 53.4 Å². The first-order valence-electron chi connectivity index (χ1n) is 13.2. The van der Waals surface area contributed by atoms with E-state index in [4.69, 9.17) is 4.74 Å². The van der Waals surface area contributed by atoms with E-state index < -0.39 is 50.5 Å². The molecule has 1 aliphatic carbocycles. The molecule has 0 radical (unpaired) electrons. The number of alkyl halides is 6. The van der Waals surface area contributed by atoms with Crippen molar-refractivity contribution in [3.8, 4) is 0 Å². The number of methoxy groups -OCH3 is 1. The van der Waals surface area contributed by atoms with Crippen LogP contribution in [0, 0.1) is 17.7 Å². The van der Waals surface area contributed by atoms with Crippen LogP contribution in [-0.4, -0.2) is 63.5 Å². The van der Waals surface area contributed by atoms with Crippen molar-refractivity contribution in [1.82, 2.24) is 4.90 Å². The zero-order valence-corrected chi connectivity index (χ0v) is 23.3. The fourth-order valence-corrected chi connectivity index (χ4v) is 8.07. The normalized spacial score (nSPS) is 24.2. The highest BCUT2D eigenvalue weighted by molar-refractivity contribution is 7.92. The third-order valence-electron chi connectivity index (χ3n) is 8.43. The van der Waals surface area contributed by atoms with Crippen LogP contribution in [0.4, 0.5) is 30.7 Å². The average molecular weight is 626 g/mol. The van der Waals surface area contributed by atoms with E-state index in [2.05, 4.69) is 0 Å². The van der Waals surface area contributed by atoms with Gasteiger partial charge in [-0.05, 0) is 67.9 Å². The Kier molecular flexibility index (Phi) is 8.76. The highest BCUT2D eigenvalue weighted by atomic mass is 32.2. The third kappa shape index (κ3) is 5.52. The molecule has 1 amide bonds. The molecule has 232 valence electrons. The lowest BCUT2D eigenvalue weighted by Crippen LogP contribution is -2.54. The highest BCUT2D eigenvalue weighted by Gasteiger charge is 2.71. The minimum Gasteiger partial charge on any atom is -0.384 e. The number of likely N-dealkylation sites (tertiary alicyclic amines) is 1. The monoisotopic (exact) mass is 625 g/mol. The van der Waals surface area contributed by atoms with Gasteiger partial charge >= 0.3 is 12.4 Å². The van der Waals surface area contributed by atoms with E-state index in [1.807, 2.05) is 0 Å². The van der Waals surface area contributed by atoms with E-state index in [1.165, 1.54) is 4.90 Å². The molecule has 14 heteroatoms. The first-order chi connectivity index (χ1) is 19.5. The smallest absolute Gasteiger partial charge is 0.384 e. The molecule has 2 fully saturated rings. The molecule has 1 N–H and O–H groups in total. The molecule has 2 aromatic rings. The summed E-state index contributed by atoms with van der Waals surface area (Å²) >= 11 is 0. The lowest BCUT2D eigenvalue weighted by atomic mass is 9.81. The van der Waals surface area contributed by atoms with Crippen molar-refractivity contribution in [3.63, 3.8) is 0 Å². The van der Waals surface area contributed by atoms with Crippen LogP contribution in [-0.2, 0) is 29.7 Å². The van der Waals surface area contributed by atoms with Gasteiger partial charge in [0.2, 0.25) is 5.91 Å². The first-order valence-corrected chi connectivity index (χ1v) is 14.7. The lowest BCUT2D eigenvalue weighted by Gasteiger charge is -2.34. The Morgan fingerprint density at radius 3 is 2.00 bits per heavy atom. The maximum atomic E-state index is 14.0. The van der Waals surface area contributed by atoms with E-state index in [-0.39, 0.29) is 35.2 Å². The van der Waals surface area contributed by atoms with Crippen molar-refractivity contribution in [1.29, 1.82) is 0 Å². The first kappa shape index (κ1) is 32.2. The number of benzene rings is 2. The second kappa shape index (κ2) is 11.4. The van der Waals surface area contributed by atoms with Crippen molar-refractivity contribution in [2.45, 2.75) is 59.7 Å². The highest BCUT2D eigenvalue weighted by Crippen LogP contribution is 2.51. The van der Waals surface area contributed by atoms with Gasteiger partial charge in [-0.2, -0.15) is 26.3 Å². The van der Waals surface area contributed by atoms with Gasteiger partial charge in [0, 0.05) is 38.3 Å². The standard InChI is InChI=1S/C28H30F7NO5S/c1-41-16-18-2-4-19(5-3-18)24(37)36-15-14-25(17-36,42(39,40)23-12-10-22(29)11-13-23)20-6-8-21(9-7-20)26(38,27(30,31)32)28(33,34)35/h6-13,18-19,38H,2-5,14-17H2,1H3/t18?,19?,25-/m0/s1. The number of carbonyl (C=O) groups is 1. The second-order valence-corrected chi connectivity index (χ2v) is 13.2. The molecule has 2 aliphatic rings. The largest absolute Gasteiger partial charge is 0.430 e. The number of hydrogen-bond donors (Lipinski definition) is 1. The fraction of sp³-hybridized carbons (Fsp3) is 0.536. The number of sulfone groups is 1. The van der Waals surface area contributed by atoms with Crippen LogP contribution >= 0.6 is 0 Å². The molecule has 1 atom stereocenters. The molecule has 0 spiro atoms. The van der Waals surface area contributed by atoms with Gasteiger partial charge in [-0.25, -0.2) is 12.8 Å². The van der Waals surface area contributed by atoms with Crippen LogP contribution in [0.25, 0.3) is 0 Å². The summed E-state index contributed by atoms with van der Waals surface area (Å²) in [5, 5.41) is 9.79. The second-order valence-electron chi connectivity index (χ2n) is 10.9. The van der Waals surface area contributed by atoms with Crippen molar-refractivity contribution in [3.05, 3.63) is 65.5 Å². The molecule has 0 bridgehead atoms. The third-order valence-corrected chi connectivity index (χ3v) is 10.9. The summed E-state index contributed by atoms with van der Waals surface area (Å²) in [5.74, 6) is -1.10. The van der Waals surface area contributed by atoms with E-state index in [0.29, 0.717) is 37.5 Å². The summed E-state index contributed by atoms with van der Waals surface area (Å²) in [6.07, 6.45) is -9.86. The molecule has 4 rings (SSSR count). The maximum Gasteiger partial charge on any atom is 0.430 e. The van der Waals surface area contributed by atoms with Gasteiger partial charge in [-0.3, -0.25) is 4.79 Å². The Bertz CT molecular complexity index is 1360. The van der Waals surface area contributed by atoms with E-state index in [1.54, 1.807) is 7.11 Å². The number of amides is 1. The quantitative estimate of drug-likeness (QED) is 0.325. The number of hydrogen-bond acceptors (Lipinski definition) is 5. The lowest BCUT2D eigenvalue weighted by molar-refractivity contribution is -0.376. The van der Waals surface area contributed by atoms with Gasteiger partial charge in [0.15, 0.2) is 9.84 Å². The van der Waals surface area contributed by atoms with Gasteiger partial charge in [-0.1, -0.05) is 24.3 Å². The summed E-state index contributed by atoms with van der Waals surface area (Å²) in [6.45, 7) is 0.108. The summed E-state index contributed by atoms with van der Waals surface area (Å²) < 4.78 is 126. The molecular formula is C28H30F7NO5S. The van der Waals surface area contributed by atoms with Crippen molar-refractivity contribution < 1.29 is 53.8 Å². The molecule has 1 heterocycles. The van der Waals surface area contributed by atoms with Gasteiger partial charge in [-0.15, -0.1) is 0 Å². The van der Waals surface area contributed by atoms with Crippen molar-refractivity contribution in [2.75, 3.05) is 26.8 Å². The summed E-state index contributed by atoms with van der Waals surface area (Å²) in [7, 11) is -2.89. The minimum atomic E-state index is -6.12. The maximum absolute atomic E-state index is 14.0. The van der Waals surface area contributed by atoms with Crippen molar-refractivity contribution in [2.24, 2.45) is 11.8 Å². The Labute approximate surface area is 238 Å². The molecule has 1 saturated heterocycles. The molecular weight excluding hydrogens is 595 g/mol. The Hall–Kier alpha value is -2.71. The van der Waals surface area contributed by atoms with Gasteiger partial charge in [0.1, 0.15) is 10.6 Å². The topological polar surface area (TPSA) is 83.9 Å². The molecule has 42 heavy (non-hydrogen) atoms. The van der Waals surface area contributed by atoms with E-state index >= 15 is 0 Å². The Balaban J connectivity index is 1.73. The molecule has 2 aromatic carbocycles. The number of halogens is 7. The van der Waals surface area contributed by atoms with E-state index in [0.717, 1.165) is 49.2 Å². The van der Waals surface area contributed by atoms with Crippen LogP contribution in [0.5, 0.6) is 0 Å². The SMILES string of the molecule is COCC1CCC(C(=O)N2CC[C@](c3ccc(C(O)(C(F)(F)F)C(F)(F)F)cc3)(S(=O)(=O)c3ccc(F)cc3)C2)CC1. The number of rotatable bonds is 7. The van der Waals surface area contributed by atoms with Crippen LogP contribution in [0.3, 0.4) is 0 Å². The minimum absolute atomic E-state index is 0.0337. The average Bonchev–Trinajstić information content (AvgIpc) is 3.39. The van der Waals surface area contributed by atoms with Gasteiger partial charge < -0.3 is 14.7 Å². The number of carbonyl (C=O) groups excluding carboxylic acids is 1. The molecule has 6 nitrogen and oxygen atoms in total. The number of nitrogens with zero attached hydrogens (tertiary/aromatic N) is 1. The van der Waals surface area contributed by atoms with Gasteiger partial charge in [0.25, 0.3) is 5.60 Å². The van der Waals surface area contributed by atoms with Gasteiger partial charge in [0.05, 0.1) is 4.90 Å². The predicted octanol–water partition coefficient (Wildman–Crippen LogP) is 5.49. The predicted molar refractivity (Wildman–Crippen MR) is 136 cm³/mol. The number of aliphatic hydroxyl groups is 1. The van der Waals surface area contributed by atoms with E-state index in [9.17, 15) is 49.1 Å².